The van der Waals surface area contributed by atoms with E-state index in [1.54, 1.807) is 4.90 Å². The van der Waals surface area contributed by atoms with Crippen molar-refractivity contribution in [3.8, 4) is 0 Å². The molecule has 1 saturated heterocycles. The van der Waals surface area contributed by atoms with Crippen LogP contribution in [0.5, 0.6) is 0 Å². The van der Waals surface area contributed by atoms with Crippen molar-refractivity contribution in [1.29, 1.82) is 0 Å². The van der Waals surface area contributed by atoms with Gasteiger partial charge in [-0.1, -0.05) is 19.3 Å². The van der Waals surface area contributed by atoms with Gasteiger partial charge in [-0.25, -0.2) is 0 Å². The van der Waals surface area contributed by atoms with E-state index >= 15 is 0 Å². The van der Waals surface area contributed by atoms with E-state index in [4.69, 9.17) is 0 Å². The van der Waals surface area contributed by atoms with Crippen molar-refractivity contribution >= 4 is 11.8 Å². The summed E-state index contributed by atoms with van der Waals surface area (Å²) >= 11 is 0. The predicted octanol–water partition coefficient (Wildman–Crippen LogP) is 0.598. The summed E-state index contributed by atoms with van der Waals surface area (Å²) in [5.74, 6) is 0.0497. The molecule has 2 amide bonds. The van der Waals surface area contributed by atoms with Crippen LogP contribution in [0.1, 0.15) is 38.5 Å². The first-order valence-corrected chi connectivity index (χ1v) is 7.36. The van der Waals surface area contributed by atoms with Crippen molar-refractivity contribution in [2.75, 3.05) is 27.2 Å². The topological polar surface area (TPSA) is 52.7 Å². The van der Waals surface area contributed by atoms with E-state index in [-0.39, 0.29) is 23.9 Å². The van der Waals surface area contributed by atoms with E-state index < -0.39 is 0 Å². The van der Waals surface area contributed by atoms with Crippen molar-refractivity contribution in [1.82, 2.24) is 15.1 Å². The van der Waals surface area contributed by atoms with Gasteiger partial charge in [0.05, 0.1) is 12.5 Å². The van der Waals surface area contributed by atoms with Crippen LogP contribution >= 0.6 is 0 Å². The van der Waals surface area contributed by atoms with Gasteiger partial charge in [0, 0.05) is 19.1 Å². The first-order valence-electron chi connectivity index (χ1n) is 7.36. The summed E-state index contributed by atoms with van der Waals surface area (Å²) in [6.07, 6.45) is 5.85. The van der Waals surface area contributed by atoms with Gasteiger partial charge in [-0.3, -0.25) is 19.4 Å². The van der Waals surface area contributed by atoms with Gasteiger partial charge < -0.3 is 5.32 Å². The highest BCUT2D eigenvalue weighted by atomic mass is 16.2. The van der Waals surface area contributed by atoms with E-state index in [1.165, 1.54) is 6.42 Å². The lowest BCUT2D eigenvalue weighted by Crippen LogP contribution is -2.46. The normalized spacial score (nSPS) is 25.6. The number of likely N-dealkylation sites (tertiary alicyclic amines) is 1. The minimum Gasteiger partial charge on any atom is -0.318 e. The van der Waals surface area contributed by atoms with Crippen LogP contribution in [0.2, 0.25) is 0 Å². The fourth-order valence-corrected chi connectivity index (χ4v) is 3.15. The second kappa shape index (κ2) is 6.48. The smallest absolute Gasteiger partial charge is 0.247 e. The molecule has 19 heavy (non-hydrogen) atoms. The van der Waals surface area contributed by atoms with Crippen molar-refractivity contribution in [3.63, 3.8) is 0 Å². The van der Waals surface area contributed by atoms with Gasteiger partial charge in [-0.15, -0.1) is 0 Å². The molecule has 2 fully saturated rings. The molecule has 1 heterocycles. The lowest BCUT2D eigenvalue weighted by Gasteiger charge is -2.30. The number of nitrogens with one attached hydrogen (secondary N) is 1. The third-order valence-electron chi connectivity index (χ3n) is 4.35. The molecule has 5 heteroatoms. The lowest BCUT2D eigenvalue weighted by atomic mass is 9.94. The van der Waals surface area contributed by atoms with E-state index in [2.05, 4.69) is 5.32 Å². The van der Waals surface area contributed by atoms with E-state index in [0.29, 0.717) is 6.42 Å². The number of carbonyl (C=O) groups excluding carboxylic acids is 2. The zero-order valence-electron chi connectivity index (χ0n) is 12.0. The lowest BCUT2D eigenvalue weighted by molar-refractivity contribution is -0.143. The molecule has 0 radical (unpaired) electrons. The van der Waals surface area contributed by atoms with E-state index in [9.17, 15) is 9.59 Å². The van der Waals surface area contributed by atoms with Gasteiger partial charge >= 0.3 is 0 Å². The van der Waals surface area contributed by atoms with Crippen molar-refractivity contribution in [2.24, 2.45) is 0 Å². The zero-order valence-corrected chi connectivity index (χ0v) is 12.0. The third kappa shape index (κ3) is 3.15. The number of nitrogens with zero attached hydrogens (tertiary/aromatic N) is 2. The first-order chi connectivity index (χ1) is 9.15. The Morgan fingerprint density at radius 2 is 1.95 bits per heavy atom. The van der Waals surface area contributed by atoms with Gasteiger partial charge in [-0.2, -0.15) is 0 Å². The fraction of sp³-hybridized carbons (Fsp3) is 0.857. The maximum absolute atomic E-state index is 12.5. The standard InChI is InChI=1S/C14H25N3O2/c1-15-8-9-16(2)12-10-13(18)17(14(12)19)11-6-4-3-5-7-11/h11-12,15H,3-10H2,1-2H3. The van der Waals surface area contributed by atoms with Gasteiger partial charge in [0.15, 0.2) is 0 Å². The van der Waals surface area contributed by atoms with Gasteiger partial charge in [0.25, 0.3) is 0 Å². The average Bonchev–Trinajstić information content (AvgIpc) is 2.72. The Morgan fingerprint density at radius 3 is 2.58 bits per heavy atom. The minimum absolute atomic E-state index is 0.0236. The Morgan fingerprint density at radius 1 is 1.26 bits per heavy atom. The second-order valence-electron chi connectivity index (χ2n) is 5.70. The molecule has 0 aromatic carbocycles. The Kier molecular flexibility index (Phi) is 4.93. The van der Waals surface area contributed by atoms with Crippen molar-refractivity contribution in [2.45, 2.75) is 50.6 Å². The Balaban J connectivity index is 1.99. The molecule has 1 N–H and O–H groups in total. The minimum atomic E-state index is -0.247. The maximum atomic E-state index is 12.5. The average molecular weight is 267 g/mol. The molecule has 2 rings (SSSR count). The Labute approximate surface area is 115 Å². The van der Waals surface area contributed by atoms with Crippen LogP contribution in [-0.2, 0) is 9.59 Å². The summed E-state index contributed by atoms with van der Waals surface area (Å²) in [5, 5.41) is 3.07. The van der Waals surface area contributed by atoms with Crippen LogP contribution in [0, 0.1) is 0 Å². The number of carbonyl (C=O) groups is 2. The molecule has 0 spiro atoms. The van der Waals surface area contributed by atoms with Crippen molar-refractivity contribution < 1.29 is 9.59 Å². The molecule has 1 saturated carbocycles. The molecule has 0 aromatic rings. The number of hydrogen-bond donors (Lipinski definition) is 1. The quantitative estimate of drug-likeness (QED) is 0.741. The number of hydrogen-bond acceptors (Lipinski definition) is 4. The molecule has 108 valence electrons. The highest BCUT2D eigenvalue weighted by Gasteiger charge is 2.43. The van der Waals surface area contributed by atoms with Crippen LogP contribution in [0.4, 0.5) is 0 Å². The van der Waals surface area contributed by atoms with Gasteiger partial charge in [-0.05, 0) is 26.9 Å². The van der Waals surface area contributed by atoms with Crippen LogP contribution in [0.15, 0.2) is 0 Å². The first kappa shape index (κ1) is 14.5. The molecule has 1 aliphatic carbocycles. The molecule has 2 aliphatic rings. The molecular weight excluding hydrogens is 242 g/mol. The monoisotopic (exact) mass is 267 g/mol. The molecular formula is C14H25N3O2. The number of likely N-dealkylation sites (N-methyl/N-ethyl adjacent to an activating group) is 2. The summed E-state index contributed by atoms with van der Waals surface area (Å²) in [6.45, 7) is 1.62. The van der Waals surface area contributed by atoms with E-state index in [1.807, 2.05) is 19.0 Å². The maximum Gasteiger partial charge on any atom is 0.247 e. The molecule has 0 aromatic heterocycles. The summed E-state index contributed by atoms with van der Waals surface area (Å²) in [4.78, 5) is 28.2. The Hall–Kier alpha value is -0.940. The molecule has 0 bridgehead atoms. The molecule has 5 nitrogen and oxygen atoms in total. The van der Waals surface area contributed by atoms with Crippen LogP contribution < -0.4 is 5.32 Å². The predicted molar refractivity (Wildman–Crippen MR) is 73.7 cm³/mol. The zero-order chi connectivity index (χ0) is 13.8. The number of imide groups is 1. The second-order valence-corrected chi connectivity index (χ2v) is 5.70. The number of amides is 2. The Bertz CT molecular complexity index is 340. The van der Waals surface area contributed by atoms with Crippen LogP contribution in [0.25, 0.3) is 0 Å². The SMILES string of the molecule is CNCCN(C)C1CC(=O)N(C2CCCCC2)C1=O. The van der Waals surface area contributed by atoms with Crippen molar-refractivity contribution in [3.05, 3.63) is 0 Å². The highest BCUT2D eigenvalue weighted by Crippen LogP contribution is 2.28. The fourth-order valence-electron chi connectivity index (χ4n) is 3.15. The summed E-state index contributed by atoms with van der Waals surface area (Å²) in [7, 11) is 3.82. The van der Waals surface area contributed by atoms with Crippen LogP contribution in [-0.4, -0.2) is 60.9 Å². The number of rotatable bonds is 5. The summed E-state index contributed by atoms with van der Waals surface area (Å²) in [6, 6.07) is -0.0840. The largest absolute Gasteiger partial charge is 0.318 e. The molecule has 1 unspecified atom stereocenters. The molecule has 1 aliphatic heterocycles. The van der Waals surface area contributed by atoms with Crippen LogP contribution in [0.3, 0.4) is 0 Å². The van der Waals surface area contributed by atoms with E-state index in [0.717, 1.165) is 38.8 Å². The van der Waals surface area contributed by atoms with Gasteiger partial charge in [0.2, 0.25) is 11.8 Å². The highest BCUT2D eigenvalue weighted by molar-refractivity contribution is 6.05. The third-order valence-corrected chi connectivity index (χ3v) is 4.35. The molecule has 1 atom stereocenters. The van der Waals surface area contributed by atoms with Gasteiger partial charge in [0.1, 0.15) is 0 Å². The summed E-state index contributed by atoms with van der Waals surface area (Å²) < 4.78 is 0. The summed E-state index contributed by atoms with van der Waals surface area (Å²) in [5.41, 5.74) is 0.